The van der Waals surface area contributed by atoms with E-state index >= 15 is 0 Å². The van der Waals surface area contributed by atoms with Crippen molar-refractivity contribution in [3.8, 4) is 0 Å². The minimum atomic E-state index is 0. The second-order valence-electron chi connectivity index (χ2n) is 6.26. The van der Waals surface area contributed by atoms with Crippen molar-refractivity contribution in [1.29, 1.82) is 0 Å². The van der Waals surface area contributed by atoms with Crippen LogP contribution in [0.2, 0.25) is 0 Å². The summed E-state index contributed by atoms with van der Waals surface area (Å²) in [6.45, 7) is 20.5. The number of hydrogen-bond donors (Lipinski definition) is 0. The van der Waals surface area contributed by atoms with Crippen LogP contribution < -0.4 is 48.0 Å². The average Bonchev–Trinajstić information content (AvgIpc) is 2.89. The van der Waals surface area contributed by atoms with Crippen LogP contribution in [0.25, 0.3) is 0 Å². The highest BCUT2D eigenvalue weighted by Gasteiger charge is 2.29. The molecule has 0 N–H and O–H groups in total. The molecule has 1 fully saturated rings. The zero-order valence-electron chi connectivity index (χ0n) is 14.1. The Bertz CT molecular complexity index is 206. The molecule has 0 aliphatic carbocycles. The zero-order chi connectivity index (χ0) is 13.5. The molecular formula is C16H36I2N2. The van der Waals surface area contributed by atoms with Gasteiger partial charge in [-0.1, -0.05) is 0 Å². The zero-order valence-corrected chi connectivity index (χ0v) is 18.5. The predicted molar refractivity (Wildman–Crippen MR) is 80.6 cm³/mol. The number of rotatable bonds is 9. The Kier molecular flexibility index (Phi) is 14.0. The Labute approximate surface area is 161 Å². The first-order chi connectivity index (χ1) is 8.66. The normalized spacial score (nSPS) is 17.4. The highest BCUT2D eigenvalue weighted by Crippen LogP contribution is 2.20. The fourth-order valence-electron chi connectivity index (χ4n) is 3.74. The van der Waals surface area contributed by atoms with E-state index in [1.165, 1.54) is 87.0 Å². The Morgan fingerprint density at radius 3 is 1.70 bits per heavy atom. The molecule has 0 bridgehead atoms. The van der Waals surface area contributed by atoms with Gasteiger partial charge in [-0.15, -0.1) is 0 Å². The standard InChI is InChI=1S/C16H36N2.2HI/c1-5-17(6-2,7-3)13-9-10-14-18(8-4)15-11-12-16-18;;/h5-16H2,1-4H3;2*1H/q+2;;/p-2. The molecule has 1 heterocycles. The van der Waals surface area contributed by atoms with Gasteiger partial charge in [0, 0.05) is 25.7 Å². The molecule has 0 amide bonds. The third-order valence-electron chi connectivity index (χ3n) is 5.71. The molecule has 0 radical (unpaired) electrons. The summed E-state index contributed by atoms with van der Waals surface area (Å²) >= 11 is 0. The van der Waals surface area contributed by atoms with Crippen LogP contribution in [0.4, 0.5) is 0 Å². The van der Waals surface area contributed by atoms with Gasteiger partial charge in [-0.3, -0.25) is 0 Å². The van der Waals surface area contributed by atoms with Gasteiger partial charge in [-0.05, 0) is 27.7 Å². The molecule has 1 saturated heterocycles. The van der Waals surface area contributed by atoms with E-state index in [1.807, 2.05) is 0 Å². The Morgan fingerprint density at radius 1 is 0.800 bits per heavy atom. The molecule has 0 aromatic carbocycles. The molecule has 20 heavy (non-hydrogen) atoms. The maximum absolute atomic E-state index is 2.38. The van der Waals surface area contributed by atoms with Crippen LogP contribution in [0, 0.1) is 0 Å². The van der Waals surface area contributed by atoms with Gasteiger partial charge in [0.05, 0.1) is 52.4 Å². The van der Waals surface area contributed by atoms with Gasteiger partial charge >= 0.3 is 0 Å². The average molecular weight is 510 g/mol. The molecule has 0 unspecified atom stereocenters. The van der Waals surface area contributed by atoms with Crippen molar-refractivity contribution in [3.63, 3.8) is 0 Å². The van der Waals surface area contributed by atoms with Crippen molar-refractivity contribution in [2.45, 2.75) is 53.4 Å². The third kappa shape index (κ3) is 6.65. The van der Waals surface area contributed by atoms with Crippen LogP contribution in [-0.4, -0.2) is 61.3 Å². The maximum atomic E-state index is 2.38. The summed E-state index contributed by atoms with van der Waals surface area (Å²) in [4.78, 5) is 0. The van der Waals surface area contributed by atoms with Crippen molar-refractivity contribution < 1.29 is 56.9 Å². The van der Waals surface area contributed by atoms with Crippen LogP contribution in [-0.2, 0) is 0 Å². The van der Waals surface area contributed by atoms with E-state index in [-0.39, 0.29) is 48.0 Å². The van der Waals surface area contributed by atoms with E-state index in [0.29, 0.717) is 0 Å². The van der Waals surface area contributed by atoms with E-state index in [2.05, 4.69) is 27.7 Å². The van der Waals surface area contributed by atoms with Crippen LogP contribution in [0.15, 0.2) is 0 Å². The summed E-state index contributed by atoms with van der Waals surface area (Å²) in [5.74, 6) is 0. The van der Waals surface area contributed by atoms with Crippen LogP contribution >= 0.6 is 0 Å². The molecule has 1 aliphatic heterocycles. The smallest absolute Gasteiger partial charge is 0.0788 e. The first kappa shape index (κ1) is 23.6. The predicted octanol–water partition coefficient (Wildman–Crippen LogP) is -2.72. The molecule has 0 atom stereocenters. The monoisotopic (exact) mass is 510 g/mol. The van der Waals surface area contributed by atoms with Crippen molar-refractivity contribution in [2.75, 3.05) is 52.4 Å². The lowest BCUT2D eigenvalue weighted by Crippen LogP contribution is -3.00. The summed E-state index contributed by atoms with van der Waals surface area (Å²) < 4.78 is 2.75. The molecule has 124 valence electrons. The van der Waals surface area contributed by atoms with Crippen LogP contribution in [0.3, 0.4) is 0 Å². The number of nitrogens with zero attached hydrogens (tertiary/aromatic N) is 2. The fraction of sp³-hybridized carbons (Fsp3) is 1.00. The number of unbranched alkanes of at least 4 members (excludes halogenated alkanes) is 1. The quantitative estimate of drug-likeness (QED) is 0.180. The molecule has 1 aliphatic rings. The van der Waals surface area contributed by atoms with E-state index in [9.17, 15) is 0 Å². The van der Waals surface area contributed by atoms with Gasteiger partial charge in [-0.2, -0.15) is 0 Å². The summed E-state index contributed by atoms with van der Waals surface area (Å²) in [5, 5.41) is 0. The number of quaternary nitrogens is 2. The minimum Gasteiger partial charge on any atom is -1.00 e. The van der Waals surface area contributed by atoms with Crippen molar-refractivity contribution >= 4 is 0 Å². The lowest BCUT2D eigenvalue weighted by Gasteiger charge is -2.37. The van der Waals surface area contributed by atoms with Gasteiger partial charge in [0.25, 0.3) is 0 Å². The van der Waals surface area contributed by atoms with E-state index < -0.39 is 0 Å². The molecule has 0 aromatic heterocycles. The lowest BCUT2D eigenvalue weighted by molar-refractivity contribution is -0.926. The summed E-state index contributed by atoms with van der Waals surface area (Å²) in [7, 11) is 0. The minimum absolute atomic E-state index is 0. The fourth-order valence-corrected chi connectivity index (χ4v) is 3.74. The van der Waals surface area contributed by atoms with Crippen LogP contribution in [0.5, 0.6) is 0 Å². The Hall–Kier alpha value is 1.38. The van der Waals surface area contributed by atoms with Gasteiger partial charge in [0.1, 0.15) is 0 Å². The second-order valence-corrected chi connectivity index (χ2v) is 6.26. The molecule has 0 aromatic rings. The molecule has 0 saturated carbocycles. The molecule has 1 rings (SSSR count). The summed E-state index contributed by atoms with van der Waals surface area (Å²) in [6.07, 6.45) is 5.79. The SMILES string of the molecule is CC[N+](CC)(CC)CCCC[N+]1(CC)CCCC1.[I-].[I-]. The van der Waals surface area contributed by atoms with Gasteiger partial charge in [-0.25, -0.2) is 0 Å². The van der Waals surface area contributed by atoms with Crippen molar-refractivity contribution in [2.24, 2.45) is 0 Å². The first-order valence-corrected chi connectivity index (χ1v) is 8.36. The third-order valence-corrected chi connectivity index (χ3v) is 5.71. The van der Waals surface area contributed by atoms with Crippen molar-refractivity contribution in [1.82, 2.24) is 0 Å². The highest BCUT2D eigenvalue weighted by molar-refractivity contribution is 4.54. The van der Waals surface area contributed by atoms with Crippen molar-refractivity contribution in [3.05, 3.63) is 0 Å². The Morgan fingerprint density at radius 2 is 1.30 bits per heavy atom. The lowest BCUT2D eigenvalue weighted by atomic mass is 10.2. The summed E-state index contributed by atoms with van der Waals surface area (Å²) in [5.41, 5.74) is 0. The highest BCUT2D eigenvalue weighted by atomic mass is 127. The number of hydrogen-bond acceptors (Lipinski definition) is 0. The number of halogens is 2. The maximum Gasteiger partial charge on any atom is 0.0788 e. The molecule has 4 heteroatoms. The topological polar surface area (TPSA) is 0 Å². The Balaban J connectivity index is 0. The van der Waals surface area contributed by atoms with Crippen LogP contribution in [0.1, 0.15) is 53.4 Å². The molecule has 2 nitrogen and oxygen atoms in total. The molecular weight excluding hydrogens is 474 g/mol. The van der Waals surface area contributed by atoms with Gasteiger partial charge < -0.3 is 56.9 Å². The summed E-state index contributed by atoms with van der Waals surface area (Å²) in [6, 6.07) is 0. The van der Waals surface area contributed by atoms with E-state index in [4.69, 9.17) is 0 Å². The first-order valence-electron chi connectivity index (χ1n) is 8.36. The second kappa shape index (κ2) is 11.9. The van der Waals surface area contributed by atoms with Gasteiger partial charge in [0.2, 0.25) is 0 Å². The molecule has 0 spiro atoms. The van der Waals surface area contributed by atoms with Gasteiger partial charge in [0.15, 0.2) is 0 Å². The van der Waals surface area contributed by atoms with E-state index in [1.54, 1.807) is 0 Å². The number of likely N-dealkylation sites (tertiary alicyclic amines) is 1. The van der Waals surface area contributed by atoms with E-state index in [0.717, 1.165) is 0 Å². The largest absolute Gasteiger partial charge is 1.00 e.